The van der Waals surface area contributed by atoms with Crippen LogP contribution in [-0.2, 0) is 0 Å². The highest BCUT2D eigenvalue weighted by atomic mass is 16.3. The normalized spacial score (nSPS) is 38.1. The second kappa shape index (κ2) is 3.25. The summed E-state index contributed by atoms with van der Waals surface area (Å²) < 4.78 is 0. The van der Waals surface area contributed by atoms with Crippen molar-refractivity contribution in [3.8, 4) is 12.3 Å². The molecule has 1 aliphatic rings. The second-order valence-electron chi connectivity index (χ2n) is 3.34. The molecule has 2 nitrogen and oxygen atoms in total. The van der Waals surface area contributed by atoms with E-state index in [2.05, 4.69) is 5.92 Å². The molecule has 1 saturated carbocycles. The lowest BCUT2D eigenvalue weighted by atomic mass is 9.81. The zero-order valence-corrected chi connectivity index (χ0v) is 6.58. The summed E-state index contributed by atoms with van der Waals surface area (Å²) in [6, 6.07) is 0. The van der Waals surface area contributed by atoms with Crippen LogP contribution in [0.5, 0.6) is 0 Å². The van der Waals surface area contributed by atoms with Gasteiger partial charge in [-0.05, 0) is 25.7 Å². The summed E-state index contributed by atoms with van der Waals surface area (Å²) in [6.45, 7) is 0. The summed E-state index contributed by atoms with van der Waals surface area (Å²) in [6.07, 6.45) is 7.93. The highest BCUT2D eigenvalue weighted by Gasteiger charge is 2.31. The molecule has 0 bridgehead atoms. The molecule has 0 radical (unpaired) electrons. The van der Waals surface area contributed by atoms with Gasteiger partial charge in [0.25, 0.3) is 0 Å². The van der Waals surface area contributed by atoms with Crippen LogP contribution < -0.4 is 0 Å². The van der Waals surface area contributed by atoms with Crippen LogP contribution >= 0.6 is 0 Å². The van der Waals surface area contributed by atoms with Crippen molar-refractivity contribution in [2.45, 2.75) is 43.8 Å². The van der Waals surface area contributed by atoms with Crippen molar-refractivity contribution in [1.29, 1.82) is 0 Å². The van der Waals surface area contributed by atoms with Crippen LogP contribution in [0.1, 0.15) is 32.1 Å². The summed E-state index contributed by atoms with van der Waals surface area (Å²) >= 11 is 0. The molecule has 0 aromatic carbocycles. The van der Waals surface area contributed by atoms with Crippen molar-refractivity contribution in [2.24, 2.45) is 0 Å². The van der Waals surface area contributed by atoms with Crippen LogP contribution in [0.15, 0.2) is 0 Å². The molecule has 62 valence electrons. The van der Waals surface area contributed by atoms with E-state index in [9.17, 15) is 5.11 Å². The third kappa shape index (κ3) is 2.21. The molecule has 0 saturated heterocycles. The Morgan fingerprint density at radius 3 is 2.45 bits per heavy atom. The summed E-state index contributed by atoms with van der Waals surface area (Å²) in [5, 5.41) is 18.9. The summed E-state index contributed by atoms with van der Waals surface area (Å²) in [5.41, 5.74) is -0.687. The van der Waals surface area contributed by atoms with Crippen LogP contribution in [0.25, 0.3) is 0 Å². The summed E-state index contributed by atoms with van der Waals surface area (Å²) in [5.74, 6) is 2.46. The van der Waals surface area contributed by atoms with Crippen LogP contribution in [0, 0.1) is 12.3 Å². The Morgan fingerprint density at radius 1 is 1.45 bits per heavy atom. The Labute approximate surface area is 67.2 Å². The number of aliphatic hydroxyl groups excluding tert-OH is 1. The van der Waals surface area contributed by atoms with Gasteiger partial charge >= 0.3 is 0 Å². The first-order valence-electron chi connectivity index (χ1n) is 4.00. The molecule has 0 aliphatic heterocycles. The zero-order valence-electron chi connectivity index (χ0n) is 6.58. The van der Waals surface area contributed by atoms with Gasteiger partial charge < -0.3 is 10.2 Å². The van der Waals surface area contributed by atoms with E-state index in [1.165, 1.54) is 0 Å². The lowest BCUT2D eigenvalue weighted by molar-refractivity contribution is -0.0276. The standard InChI is InChI=1S/C9H14O2/c1-2-5-9(11)6-3-8(10)4-7-9/h1,8,10-11H,3-7H2. The maximum Gasteiger partial charge on any atom is 0.0758 e. The fraction of sp³-hybridized carbons (Fsp3) is 0.778. The molecule has 1 rings (SSSR count). The first kappa shape index (κ1) is 8.58. The van der Waals surface area contributed by atoms with Gasteiger partial charge in [-0.3, -0.25) is 0 Å². The van der Waals surface area contributed by atoms with Crippen molar-refractivity contribution in [1.82, 2.24) is 0 Å². The Kier molecular flexibility index (Phi) is 2.53. The van der Waals surface area contributed by atoms with Gasteiger partial charge in [0.2, 0.25) is 0 Å². The average Bonchev–Trinajstić information content (AvgIpc) is 1.97. The van der Waals surface area contributed by atoms with Gasteiger partial charge in [-0.1, -0.05) is 0 Å². The van der Waals surface area contributed by atoms with Crippen molar-refractivity contribution >= 4 is 0 Å². The summed E-state index contributed by atoms with van der Waals surface area (Å²) in [7, 11) is 0. The van der Waals surface area contributed by atoms with E-state index >= 15 is 0 Å². The highest BCUT2D eigenvalue weighted by Crippen LogP contribution is 2.30. The van der Waals surface area contributed by atoms with E-state index in [0.717, 1.165) is 0 Å². The van der Waals surface area contributed by atoms with Gasteiger partial charge in [-0.15, -0.1) is 12.3 Å². The Hall–Kier alpha value is -0.520. The molecule has 0 unspecified atom stereocenters. The van der Waals surface area contributed by atoms with Crippen molar-refractivity contribution in [3.05, 3.63) is 0 Å². The van der Waals surface area contributed by atoms with Gasteiger partial charge in [0.15, 0.2) is 0 Å². The lowest BCUT2D eigenvalue weighted by Gasteiger charge is -2.32. The van der Waals surface area contributed by atoms with Crippen molar-refractivity contribution in [3.63, 3.8) is 0 Å². The van der Waals surface area contributed by atoms with Crippen LogP contribution in [0.2, 0.25) is 0 Å². The molecule has 2 heteroatoms. The molecule has 0 amide bonds. The number of aliphatic hydroxyl groups is 2. The first-order valence-corrected chi connectivity index (χ1v) is 4.00. The fourth-order valence-electron chi connectivity index (χ4n) is 1.51. The fourth-order valence-corrected chi connectivity index (χ4v) is 1.51. The summed E-state index contributed by atoms with van der Waals surface area (Å²) in [4.78, 5) is 0. The van der Waals surface area contributed by atoms with Gasteiger partial charge in [0.05, 0.1) is 11.7 Å². The topological polar surface area (TPSA) is 40.5 Å². The third-order valence-corrected chi connectivity index (χ3v) is 2.32. The van der Waals surface area contributed by atoms with Gasteiger partial charge in [0, 0.05) is 6.42 Å². The molecule has 0 spiro atoms. The van der Waals surface area contributed by atoms with E-state index in [1.807, 2.05) is 0 Å². The molecular weight excluding hydrogens is 140 g/mol. The first-order chi connectivity index (χ1) is 5.16. The van der Waals surface area contributed by atoms with E-state index in [1.54, 1.807) is 0 Å². The Bertz CT molecular complexity index is 161. The number of hydrogen-bond acceptors (Lipinski definition) is 2. The largest absolute Gasteiger partial charge is 0.393 e. The van der Waals surface area contributed by atoms with E-state index < -0.39 is 5.60 Å². The minimum absolute atomic E-state index is 0.229. The molecular formula is C9H14O2. The van der Waals surface area contributed by atoms with Crippen LogP contribution in [0.3, 0.4) is 0 Å². The zero-order chi connectivity index (χ0) is 8.32. The molecule has 11 heavy (non-hydrogen) atoms. The number of terminal acetylenes is 1. The third-order valence-electron chi connectivity index (χ3n) is 2.32. The van der Waals surface area contributed by atoms with Gasteiger partial charge in [0.1, 0.15) is 0 Å². The predicted octanol–water partition coefficient (Wildman–Crippen LogP) is 0.676. The second-order valence-corrected chi connectivity index (χ2v) is 3.34. The maximum atomic E-state index is 9.74. The van der Waals surface area contributed by atoms with Crippen molar-refractivity contribution < 1.29 is 10.2 Å². The minimum Gasteiger partial charge on any atom is -0.393 e. The number of hydrogen-bond donors (Lipinski definition) is 2. The van der Waals surface area contributed by atoms with E-state index in [4.69, 9.17) is 11.5 Å². The molecule has 2 N–H and O–H groups in total. The lowest BCUT2D eigenvalue weighted by Crippen LogP contribution is -2.35. The van der Waals surface area contributed by atoms with Gasteiger partial charge in [-0.2, -0.15) is 0 Å². The molecule has 1 aliphatic carbocycles. The van der Waals surface area contributed by atoms with Crippen molar-refractivity contribution in [2.75, 3.05) is 0 Å². The SMILES string of the molecule is C#CCC1(O)CCC(O)CC1. The molecule has 0 aromatic rings. The van der Waals surface area contributed by atoms with E-state index in [-0.39, 0.29) is 6.10 Å². The van der Waals surface area contributed by atoms with Crippen LogP contribution in [0.4, 0.5) is 0 Å². The highest BCUT2D eigenvalue weighted by molar-refractivity contribution is 4.97. The Morgan fingerprint density at radius 2 is 2.00 bits per heavy atom. The smallest absolute Gasteiger partial charge is 0.0758 e. The predicted molar refractivity (Wildman–Crippen MR) is 42.9 cm³/mol. The Balaban J connectivity index is 2.43. The maximum absolute atomic E-state index is 9.74. The number of rotatable bonds is 1. The molecule has 0 aromatic heterocycles. The van der Waals surface area contributed by atoms with Crippen LogP contribution in [-0.4, -0.2) is 21.9 Å². The van der Waals surface area contributed by atoms with E-state index in [0.29, 0.717) is 32.1 Å². The van der Waals surface area contributed by atoms with Gasteiger partial charge in [-0.25, -0.2) is 0 Å². The average molecular weight is 154 g/mol. The molecule has 0 heterocycles. The quantitative estimate of drug-likeness (QED) is 0.545. The monoisotopic (exact) mass is 154 g/mol. The molecule has 0 atom stereocenters. The molecule has 1 fully saturated rings. The minimum atomic E-state index is -0.687.